The molecule has 5 nitrogen and oxygen atoms in total. The molecule has 1 aromatic heterocycles. The fourth-order valence-corrected chi connectivity index (χ4v) is 3.06. The monoisotopic (exact) mass is 327 g/mol. The van der Waals surface area contributed by atoms with Gasteiger partial charge in [0.25, 0.3) is 0 Å². The van der Waals surface area contributed by atoms with Gasteiger partial charge in [-0.3, -0.25) is 4.90 Å². The molecular formula is C19H25N3O2. The third-order valence-electron chi connectivity index (χ3n) is 4.15. The second kappa shape index (κ2) is 7.62. The molecule has 1 aliphatic heterocycles. The number of nitrogens with zero attached hydrogens (tertiary/aromatic N) is 3. The van der Waals surface area contributed by atoms with Gasteiger partial charge in [-0.15, -0.1) is 0 Å². The van der Waals surface area contributed by atoms with Gasteiger partial charge in [0.2, 0.25) is 0 Å². The molecule has 0 spiro atoms. The maximum Gasteiger partial charge on any atom is 0.161 e. The summed E-state index contributed by atoms with van der Waals surface area (Å²) in [6.45, 7) is 10.00. The van der Waals surface area contributed by atoms with Crippen molar-refractivity contribution in [2.24, 2.45) is 0 Å². The number of aromatic nitrogens is 2. The largest absolute Gasteiger partial charge is 0.490 e. The van der Waals surface area contributed by atoms with E-state index in [0.29, 0.717) is 13.2 Å². The molecule has 3 rings (SSSR count). The molecule has 5 heteroatoms. The van der Waals surface area contributed by atoms with E-state index in [1.54, 1.807) is 0 Å². The molecule has 2 heterocycles. The van der Waals surface area contributed by atoms with E-state index in [1.165, 1.54) is 16.8 Å². The average molecular weight is 327 g/mol. The molecule has 0 saturated heterocycles. The van der Waals surface area contributed by atoms with Crippen LogP contribution in [-0.2, 0) is 19.5 Å². The molecule has 2 aromatic rings. The second-order valence-corrected chi connectivity index (χ2v) is 6.00. The molecule has 0 radical (unpaired) electrons. The Balaban J connectivity index is 1.72. The summed E-state index contributed by atoms with van der Waals surface area (Å²) in [6, 6.07) is 6.22. The first-order valence-corrected chi connectivity index (χ1v) is 8.61. The molecule has 24 heavy (non-hydrogen) atoms. The summed E-state index contributed by atoms with van der Waals surface area (Å²) in [5.41, 5.74) is 3.67. The highest BCUT2D eigenvalue weighted by Gasteiger charge is 2.18. The Morgan fingerprint density at radius 1 is 1.12 bits per heavy atom. The first kappa shape index (κ1) is 16.7. The van der Waals surface area contributed by atoms with Crippen LogP contribution in [0.25, 0.3) is 0 Å². The number of ether oxygens (including phenoxy) is 2. The first-order valence-electron chi connectivity index (χ1n) is 8.61. The van der Waals surface area contributed by atoms with E-state index >= 15 is 0 Å². The maximum atomic E-state index is 5.73. The number of aryl methyl sites for hydroxylation is 1. The van der Waals surface area contributed by atoms with Crippen molar-refractivity contribution < 1.29 is 9.47 Å². The van der Waals surface area contributed by atoms with Crippen molar-refractivity contribution >= 4 is 0 Å². The molecule has 0 N–H and O–H groups in total. The zero-order valence-electron chi connectivity index (χ0n) is 14.7. The predicted molar refractivity (Wildman–Crippen MR) is 93.4 cm³/mol. The minimum atomic E-state index is 0.636. The Bertz CT molecular complexity index is 703. The molecule has 1 aromatic carbocycles. The minimum absolute atomic E-state index is 0.636. The summed E-state index contributed by atoms with van der Waals surface area (Å²) >= 11 is 0. The van der Waals surface area contributed by atoms with Crippen LogP contribution in [0.4, 0.5) is 0 Å². The van der Waals surface area contributed by atoms with Gasteiger partial charge in [0.05, 0.1) is 13.2 Å². The summed E-state index contributed by atoms with van der Waals surface area (Å²) in [6.07, 6.45) is 2.95. The number of benzene rings is 1. The number of fused-ring (bicyclic) bond motifs is 1. The van der Waals surface area contributed by atoms with E-state index in [4.69, 9.17) is 9.47 Å². The van der Waals surface area contributed by atoms with Crippen molar-refractivity contribution in [3.05, 3.63) is 47.0 Å². The van der Waals surface area contributed by atoms with Crippen LogP contribution in [0.3, 0.4) is 0 Å². The van der Waals surface area contributed by atoms with Gasteiger partial charge in [0, 0.05) is 43.5 Å². The highest BCUT2D eigenvalue weighted by atomic mass is 16.5. The summed E-state index contributed by atoms with van der Waals surface area (Å²) in [5.74, 6) is 2.50. The van der Waals surface area contributed by atoms with Crippen molar-refractivity contribution in [3.63, 3.8) is 0 Å². The lowest BCUT2D eigenvalue weighted by atomic mass is 10.1. The van der Waals surface area contributed by atoms with Crippen molar-refractivity contribution in [2.75, 3.05) is 19.8 Å². The Kier molecular flexibility index (Phi) is 5.30. The van der Waals surface area contributed by atoms with E-state index in [2.05, 4.69) is 27.0 Å². The molecule has 0 amide bonds. The van der Waals surface area contributed by atoms with Crippen LogP contribution in [0.1, 0.15) is 36.5 Å². The molecular weight excluding hydrogens is 302 g/mol. The van der Waals surface area contributed by atoms with Gasteiger partial charge < -0.3 is 9.47 Å². The minimum Gasteiger partial charge on any atom is -0.490 e. The molecule has 0 atom stereocenters. The highest BCUT2D eigenvalue weighted by Crippen LogP contribution is 2.29. The number of rotatable bonds is 6. The molecule has 0 saturated carbocycles. The standard InChI is InChI=1S/C19H25N3O2/c1-4-23-18-7-6-15(10-19(18)24-5-2)12-22-9-8-17-16(13-22)11-20-14(3)21-17/h6-7,10-11H,4-5,8-9,12-13H2,1-3H3. The lowest BCUT2D eigenvalue weighted by Gasteiger charge is -2.28. The topological polar surface area (TPSA) is 47.5 Å². The van der Waals surface area contributed by atoms with Crippen molar-refractivity contribution in [2.45, 2.75) is 40.3 Å². The Labute approximate surface area is 143 Å². The summed E-state index contributed by atoms with van der Waals surface area (Å²) in [5, 5.41) is 0. The third-order valence-corrected chi connectivity index (χ3v) is 4.15. The summed E-state index contributed by atoms with van der Waals surface area (Å²) < 4.78 is 11.4. The predicted octanol–water partition coefficient (Wildman–Crippen LogP) is 3.14. The molecule has 0 aliphatic carbocycles. The second-order valence-electron chi connectivity index (χ2n) is 6.00. The van der Waals surface area contributed by atoms with Crippen LogP contribution >= 0.6 is 0 Å². The van der Waals surface area contributed by atoms with Gasteiger partial charge in [-0.05, 0) is 38.5 Å². The highest BCUT2D eigenvalue weighted by molar-refractivity contribution is 5.43. The molecule has 0 unspecified atom stereocenters. The van der Waals surface area contributed by atoms with Gasteiger partial charge in [-0.25, -0.2) is 9.97 Å². The van der Waals surface area contributed by atoms with Crippen molar-refractivity contribution in [3.8, 4) is 11.5 Å². The van der Waals surface area contributed by atoms with Crippen LogP contribution < -0.4 is 9.47 Å². The smallest absolute Gasteiger partial charge is 0.161 e. The molecule has 0 fully saturated rings. The quantitative estimate of drug-likeness (QED) is 0.816. The van der Waals surface area contributed by atoms with E-state index in [0.717, 1.165) is 43.4 Å². The van der Waals surface area contributed by atoms with Gasteiger partial charge in [0.1, 0.15) is 5.82 Å². The zero-order valence-corrected chi connectivity index (χ0v) is 14.7. The van der Waals surface area contributed by atoms with Crippen LogP contribution in [0, 0.1) is 6.92 Å². The van der Waals surface area contributed by atoms with E-state index < -0.39 is 0 Å². The van der Waals surface area contributed by atoms with Crippen LogP contribution in [0.5, 0.6) is 11.5 Å². The third kappa shape index (κ3) is 3.85. The maximum absolute atomic E-state index is 5.73. The number of hydrogen-bond donors (Lipinski definition) is 0. The Morgan fingerprint density at radius 2 is 1.92 bits per heavy atom. The summed E-state index contributed by atoms with van der Waals surface area (Å²) in [4.78, 5) is 11.3. The molecule has 0 bridgehead atoms. The first-order chi connectivity index (χ1) is 11.7. The SMILES string of the molecule is CCOc1ccc(CN2CCc3nc(C)ncc3C2)cc1OCC. The van der Waals surface area contributed by atoms with Crippen LogP contribution in [-0.4, -0.2) is 34.6 Å². The van der Waals surface area contributed by atoms with Gasteiger partial charge >= 0.3 is 0 Å². The van der Waals surface area contributed by atoms with Gasteiger partial charge in [-0.2, -0.15) is 0 Å². The van der Waals surface area contributed by atoms with E-state index in [9.17, 15) is 0 Å². The van der Waals surface area contributed by atoms with E-state index in [1.807, 2.05) is 33.0 Å². The lowest BCUT2D eigenvalue weighted by Crippen LogP contribution is -2.31. The average Bonchev–Trinajstić information content (AvgIpc) is 2.58. The van der Waals surface area contributed by atoms with E-state index in [-0.39, 0.29) is 0 Å². The fourth-order valence-electron chi connectivity index (χ4n) is 3.06. The van der Waals surface area contributed by atoms with Crippen LogP contribution in [0.15, 0.2) is 24.4 Å². The number of hydrogen-bond acceptors (Lipinski definition) is 5. The zero-order chi connectivity index (χ0) is 16.9. The Morgan fingerprint density at radius 3 is 2.71 bits per heavy atom. The lowest BCUT2D eigenvalue weighted by molar-refractivity contribution is 0.241. The molecule has 128 valence electrons. The van der Waals surface area contributed by atoms with Crippen LogP contribution in [0.2, 0.25) is 0 Å². The Hall–Kier alpha value is -2.14. The normalized spacial score (nSPS) is 14.3. The van der Waals surface area contributed by atoms with Crippen molar-refractivity contribution in [1.29, 1.82) is 0 Å². The molecule has 1 aliphatic rings. The summed E-state index contributed by atoms with van der Waals surface area (Å²) in [7, 11) is 0. The fraction of sp³-hybridized carbons (Fsp3) is 0.474. The van der Waals surface area contributed by atoms with Crippen molar-refractivity contribution in [1.82, 2.24) is 14.9 Å². The van der Waals surface area contributed by atoms with Gasteiger partial charge in [0.15, 0.2) is 11.5 Å². The van der Waals surface area contributed by atoms with Gasteiger partial charge in [-0.1, -0.05) is 6.07 Å².